The van der Waals surface area contributed by atoms with Gasteiger partial charge in [0.1, 0.15) is 5.75 Å². The van der Waals surface area contributed by atoms with Crippen LogP contribution >= 0.6 is 24.0 Å². The lowest BCUT2D eigenvalue weighted by Gasteiger charge is -2.16. The maximum absolute atomic E-state index is 6.13. The van der Waals surface area contributed by atoms with E-state index < -0.39 is 0 Å². The molecule has 0 heterocycles. The van der Waals surface area contributed by atoms with Crippen LogP contribution in [-0.2, 0) is 6.54 Å². The van der Waals surface area contributed by atoms with E-state index in [0.717, 1.165) is 41.3 Å². The number of guanidine groups is 1. The van der Waals surface area contributed by atoms with Crippen molar-refractivity contribution in [2.45, 2.75) is 38.3 Å². The molecular formula is C21H28IN3O3. The highest BCUT2D eigenvalue weighted by molar-refractivity contribution is 14.0. The van der Waals surface area contributed by atoms with Crippen LogP contribution in [-0.4, -0.2) is 26.3 Å². The van der Waals surface area contributed by atoms with Gasteiger partial charge in [-0.25, -0.2) is 4.99 Å². The number of anilines is 1. The SMILES string of the molecule is COc1cccc(NC(N)=NCc2ccc(OC)c(OC3CCCC3)c2)c1.I. The molecule has 28 heavy (non-hydrogen) atoms. The lowest BCUT2D eigenvalue weighted by atomic mass is 10.2. The van der Waals surface area contributed by atoms with Crippen molar-refractivity contribution in [2.75, 3.05) is 19.5 Å². The first-order valence-electron chi connectivity index (χ1n) is 9.22. The normalized spacial score (nSPS) is 14.3. The number of ether oxygens (including phenoxy) is 3. The fourth-order valence-corrected chi connectivity index (χ4v) is 3.16. The number of hydrogen-bond acceptors (Lipinski definition) is 4. The number of aliphatic imine (C=N–C) groups is 1. The van der Waals surface area contributed by atoms with E-state index in [4.69, 9.17) is 19.9 Å². The molecule has 1 aliphatic rings. The Bertz CT molecular complexity index is 792. The van der Waals surface area contributed by atoms with Crippen LogP contribution in [0.25, 0.3) is 0 Å². The van der Waals surface area contributed by atoms with Crippen molar-refractivity contribution in [3.8, 4) is 17.2 Å². The van der Waals surface area contributed by atoms with Crippen LogP contribution in [0.3, 0.4) is 0 Å². The minimum atomic E-state index is 0. The number of nitrogens with zero attached hydrogens (tertiary/aromatic N) is 1. The highest BCUT2D eigenvalue weighted by Gasteiger charge is 2.18. The molecule has 3 N–H and O–H groups in total. The van der Waals surface area contributed by atoms with Gasteiger partial charge in [-0.2, -0.15) is 0 Å². The van der Waals surface area contributed by atoms with Gasteiger partial charge in [-0.1, -0.05) is 12.1 Å². The molecule has 0 radical (unpaired) electrons. The predicted molar refractivity (Wildman–Crippen MR) is 123 cm³/mol. The van der Waals surface area contributed by atoms with E-state index >= 15 is 0 Å². The maximum Gasteiger partial charge on any atom is 0.193 e. The van der Waals surface area contributed by atoms with Crippen molar-refractivity contribution in [2.24, 2.45) is 10.7 Å². The number of rotatable bonds is 7. The van der Waals surface area contributed by atoms with E-state index in [1.807, 2.05) is 42.5 Å². The Labute approximate surface area is 183 Å². The van der Waals surface area contributed by atoms with Crippen molar-refractivity contribution in [1.29, 1.82) is 0 Å². The summed E-state index contributed by atoms with van der Waals surface area (Å²) in [5.41, 5.74) is 7.86. The molecule has 152 valence electrons. The Morgan fingerprint density at radius 1 is 1.07 bits per heavy atom. The first-order valence-corrected chi connectivity index (χ1v) is 9.22. The zero-order valence-electron chi connectivity index (χ0n) is 16.3. The molecule has 2 aromatic carbocycles. The molecule has 0 spiro atoms. The largest absolute Gasteiger partial charge is 0.497 e. The summed E-state index contributed by atoms with van der Waals surface area (Å²) < 4.78 is 16.8. The van der Waals surface area contributed by atoms with Crippen molar-refractivity contribution >= 4 is 35.6 Å². The van der Waals surface area contributed by atoms with E-state index in [2.05, 4.69) is 10.3 Å². The topological polar surface area (TPSA) is 78.1 Å². The molecule has 1 aliphatic carbocycles. The van der Waals surface area contributed by atoms with Crippen molar-refractivity contribution < 1.29 is 14.2 Å². The Balaban J connectivity index is 0.00000280. The average molecular weight is 497 g/mol. The zero-order chi connectivity index (χ0) is 19.1. The lowest BCUT2D eigenvalue weighted by molar-refractivity contribution is 0.200. The van der Waals surface area contributed by atoms with Crippen LogP contribution in [0.5, 0.6) is 17.2 Å². The summed E-state index contributed by atoms with van der Waals surface area (Å²) in [6.45, 7) is 0.452. The van der Waals surface area contributed by atoms with Gasteiger partial charge in [-0.05, 0) is 55.5 Å². The summed E-state index contributed by atoms with van der Waals surface area (Å²) >= 11 is 0. The highest BCUT2D eigenvalue weighted by Crippen LogP contribution is 2.32. The van der Waals surface area contributed by atoms with Crippen molar-refractivity contribution in [3.63, 3.8) is 0 Å². The Hall–Kier alpha value is -2.16. The minimum Gasteiger partial charge on any atom is -0.497 e. The van der Waals surface area contributed by atoms with Crippen molar-refractivity contribution in [3.05, 3.63) is 48.0 Å². The molecule has 7 heteroatoms. The smallest absolute Gasteiger partial charge is 0.193 e. The molecule has 0 atom stereocenters. The number of nitrogens with two attached hydrogens (primary N) is 1. The number of halogens is 1. The molecule has 0 aromatic heterocycles. The minimum absolute atomic E-state index is 0. The van der Waals surface area contributed by atoms with E-state index in [9.17, 15) is 0 Å². The first kappa shape index (κ1) is 22.1. The molecule has 0 amide bonds. The third kappa shape index (κ3) is 6.19. The van der Waals surface area contributed by atoms with Crippen LogP contribution in [0, 0.1) is 0 Å². The van der Waals surface area contributed by atoms with Gasteiger partial charge in [0.15, 0.2) is 17.5 Å². The van der Waals surface area contributed by atoms with E-state index in [0.29, 0.717) is 12.5 Å². The molecule has 0 unspecified atom stereocenters. The van der Waals surface area contributed by atoms with Gasteiger partial charge in [0.25, 0.3) is 0 Å². The highest BCUT2D eigenvalue weighted by atomic mass is 127. The van der Waals surface area contributed by atoms with Crippen LogP contribution in [0.1, 0.15) is 31.2 Å². The van der Waals surface area contributed by atoms with E-state index in [1.165, 1.54) is 12.8 Å². The third-order valence-electron chi connectivity index (χ3n) is 4.60. The number of methoxy groups -OCH3 is 2. The van der Waals surface area contributed by atoms with Gasteiger partial charge in [0.2, 0.25) is 0 Å². The average Bonchev–Trinajstić information content (AvgIpc) is 3.20. The fraction of sp³-hybridized carbons (Fsp3) is 0.381. The zero-order valence-corrected chi connectivity index (χ0v) is 18.6. The maximum atomic E-state index is 6.13. The monoisotopic (exact) mass is 497 g/mol. The molecule has 1 fully saturated rings. The second-order valence-corrected chi connectivity index (χ2v) is 6.57. The molecule has 3 rings (SSSR count). The second-order valence-electron chi connectivity index (χ2n) is 6.57. The molecule has 6 nitrogen and oxygen atoms in total. The summed E-state index contributed by atoms with van der Waals surface area (Å²) in [6, 6.07) is 13.4. The predicted octanol–water partition coefficient (Wildman–Crippen LogP) is 4.57. The van der Waals surface area contributed by atoms with E-state index in [-0.39, 0.29) is 30.1 Å². The third-order valence-corrected chi connectivity index (χ3v) is 4.60. The van der Waals surface area contributed by atoms with E-state index in [1.54, 1.807) is 14.2 Å². The summed E-state index contributed by atoms with van der Waals surface area (Å²) in [6.07, 6.45) is 4.93. The van der Waals surface area contributed by atoms with Gasteiger partial charge in [0.05, 0.1) is 26.9 Å². The molecule has 0 bridgehead atoms. The molecule has 0 aliphatic heterocycles. The molecule has 1 saturated carbocycles. The van der Waals surface area contributed by atoms with Gasteiger partial charge in [0, 0.05) is 11.8 Å². The van der Waals surface area contributed by atoms with Crippen LogP contribution in [0.15, 0.2) is 47.5 Å². The van der Waals surface area contributed by atoms with Gasteiger partial charge >= 0.3 is 0 Å². The molecule has 0 saturated heterocycles. The van der Waals surface area contributed by atoms with Gasteiger partial charge in [-0.15, -0.1) is 24.0 Å². The van der Waals surface area contributed by atoms with Crippen LogP contribution in [0.2, 0.25) is 0 Å². The summed E-state index contributed by atoms with van der Waals surface area (Å²) in [4.78, 5) is 4.42. The molecular weight excluding hydrogens is 469 g/mol. The Morgan fingerprint density at radius 2 is 1.86 bits per heavy atom. The summed E-state index contributed by atoms with van der Waals surface area (Å²) in [5.74, 6) is 2.63. The summed E-state index contributed by atoms with van der Waals surface area (Å²) in [7, 11) is 3.29. The standard InChI is InChI=1S/C21H27N3O3.HI/c1-25-18-9-5-6-16(13-18)24-21(22)23-14-15-10-11-19(26-2)20(12-15)27-17-7-3-4-8-17;/h5-6,9-13,17H,3-4,7-8,14H2,1-2H3,(H3,22,23,24);1H. The lowest BCUT2D eigenvalue weighted by Crippen LogP contribution is -2.22. The number of hydrogen-bond donors (Lipinski definition) is 2. The first-order chi connectivity index (χ1) is 13.2. The molecule has 2 aromatic rings. The van der Waals surface area contributed by atoms with Crippen molar-refractivity contribution in [1.82, 2.24) is 0 Å². The van der Waals surface area contributed by atoms with Gasteiger partial charge < -0.3 is 25.3 Å². The van der Waals surface area contributed by atoms with Gasteiger partial charge in [-0.3, -0.25) is 0 Å². The fourth-order valence-electron chi connectivity index (χ4n) is 3.16. The summed E-state index contributed by atoms with van der Waals surface area (Å²) in [5, 5.41) is 3.07. The van der Waals surface area contributed by atoms with Crippen LogP contribution < -0.4 is 25.3 Å². The number of benzene rings is 2. The Morgan fingerprint density at radius 3 is 2.57 bits per heavy atom. The van der Waals surface area contributed by atoms with Crippen LogP contribution in [0.4, 0.5) is 5.69 Å². The quantitative estimate of drug-likeness (QED) is 0.333. The second kappa shape index (κ2) is 11.0. The number of nitrogens with one attached hydrogen (secondary N) is 1. The Kier molecular flexibility index (Phi) is 8.69.